The largest absolute Gasteiger partial charge is 0.333 e. The van der Waals surface area contributed by atoms with E-state index in [1.165, 1.54) is 94.0 Å². The van der Waals surface area contributed by atoms with Crippen LogP contribution in [-0.4, -0.2) is 15.6 Å². The molecule has 0 saturated heterocycles. The second kappa shape index (κ2) is 14.5. The Balaban J connectivity index is 0.898. The van der Waals surface area contributed by atoms with Crippen molar-refractivity contribution < 1.29 is 0 Å². The molecule has 1 aliphatic heterocycles. The number of rotatable bonds is 4. The van der Waals surface area contributed by atoms with E-state index in [0.29, 0.717) is 0 Å². The summed E-state index contributed by atoms with van der Waals surface area (Å²) in [5.74, 6) is 0.283. The van der Waals surface area contributed by atoms with Gasteiger partial charge in [-0.3, -0.25) is 0 Å². The summed E-state index contributed by atoms with van der Waals surface area (Å²) in [6.45, 7) is 0. The second-order valence-electron chi connectivity index (χ2n) is 19.7. The van der Waals surface area contributed by atoms with Crippen LogP contribution in [0.25, 0.3) is 93.8 Å². The van der Waals surface area contributed by atoms with E-state index in [4.69, 9.17) is 4.98 Å². The van der Waals surface area contributed by atoms with Gasteiger partial charge in [0.15, 0.2) is 0 Å². The van der Waals surface area contributed by atoms with Gasteiger partial charge in [0.25, 0.3) is 0 Å². The lowest BCUT2D eigenvalue weighted by molar-refractivity contribution is 0.744. The molecule has 10 aromatic carbocycles. The summed E-state index contributed by atoms with van der Waals surface area (Å²) in [6, 6.07) is 83.9. The summed E-state index contributed by atoms with van der Waals surface area (Å²) >= 11 is 0. The first-order valence-electron chi connectivity index (χ1n) is 24.9. The number of allylic oxidation sites excluding steroid dienone is 2. The standard InChI is InChI=1S/C68H43N3/c1-9-25-56-47(17-1)48-18-2-10-26-57(48)68(56)58-27-11-3-23-53(58)66-59(68)38-37-55-65(66)54-24-4-12-28-60(54)69-67(55)43-35-33-42(34-36-43)44-39-45(70-61-29-13-5-19-49(61)50-20-6-14-30-62(50)70)41-46(40-44)71-63-31-15-7-21-51(63)52-22-8-16-32-64(52)71/h1-41,49,61H. The van der Waals surface area contributed by atoms with Crippen LogP contribution in [-0.2, 0) is 5.41 Å². The molecule has 330 valence electrons. The quantitative estimate of drug-likeness (QED) is 0.164. The van der Waals surface area contributed by atoms with Crippen molar-refractivity contribution in [1.82, 2.24) is 9.55 Å². The normalized spacial score (nSPS) is 16.4. The molecule has 3 heterocycles. The van der Waals surface area contributed by atoms with E-state index in [1.54, 1.807) is 0 Å². The van der Waals surface area contributed by atoms with Gasteiger partial charge in [0.1, 0.15) is 0 Å². The van der Waals surface area contributed by atoms with E-state index in [-0.39, 0.29) is 12.0 Å². The number of hydrogen-bond acceptors (Lipinski definition) is 2. The van der Waals surface area contributed by atoms with E-state index in [0.717, 1.165) is 39.0 Å². The SMILES string of the molecule is C1=CC2c3ccccc3N(c3cc(-c4ccc(-c5nc6ccccc6c6c7c(ccc56)C5(c6ccccc6-c6ccccc65)c5ccccc5-7)cc4)cc(-n4c5ccccc5c5ccccc54)c3)C2C=C1. The van der Waals surface area contributed by atoms with Gasteiger partial charge < -0.3 is 9.47 Å². The minimum absolute atomic E-state index is 0.176. The van der Waals surface area contributed by atoms with Crippen molar-refractivity contribution in [2.45, 2.75) is 17.4 Å². The van der Waals surface area contributed by atoms with Crippen molar-refractivity contribution in [3.8, 4) is 50.3 Å². The highest BCUT2D eigenvalue weighted by Crippen LogP contribution is 2.64. The van der Waals surface area contributed by atoms with Gasteiger partial charge in [0, 0.05) is 55.5 Å². The number of para-hydroxylation sites is 4. The minimum atomic E-state index is -0.422. The lowest BCUT2D eigenvalue weighted by Crippen LogP contribution is -2.28. The van der Waals surface area contributed by atoms with Gasteiger partial charge in [0.2, 0.25) is 0 Å². The number of fused-ring (bicyclic) bond motifs is 20. The molecule has 0 bridgehead atoms. The Morgan fingerprint density at radius 3 is 1.73 bits per heavy atom. The highest BCUT2D eigenvalue weighted by atomic mass is 15.2. The summed E-state index contributed by atoms with van der Waals surface area (Å²) in [5, 5.41) is 6.11. The Bertz CT molecular complexity index is 4220. The van der Waals surface area contributed by atoms with Crippen molar-refractivity contribution in [2.75, 3.05) is 4.90 Å². The third kappa shape index (κ3) is 5.19. The topological polar surface area (TPSA) is 21.1 Å². The third-order valence-corrected chi connectivity index (χ3v) is 16.3. The van der Waals surface area contributed by atoms with E-state index in [9.17, 15) is 0 Å². The Kier molecular flexibility index (Phi) is 7.93. The van der Waals surface area contributed by atoms with Crippen LogP contribution in [0.1, 0.15) is 33.7 Å². The van der Waals surface area contributed by atoms with Gasteiger partial charge >= 0.3 is 0 Å². The number of aromatic nitrogens is 2. The Hall–Kier alpha value is -9.05. The molecule has 0 fully saturated rings. The van der Waals surface area contributed by atoms with Crippen molar-refractivity contribution >= 4 is 54.9 Å². The van der Waals surface area contributed by atoms with Crippen LogP contribution < -0.4 is 4.90 Å². The molecule has 3 aliphatic carbocycles. The van der Waals surface area contributed by atoms with Crippen molar-refractivity contribution in [1.29, 1.82) is 0 Å². The van der Waals surface area contributed by atoms with Crippen LogP contribution in [0.2, 0.25) is 0 Å². The highest BCUT2D eigenvalue weighted by molar-refractivity contribution is 6.20. The zero-order valence-corrected chi connectivity index (χ0v) is 38.7. The second-order valence-corrected chi connectivity index (χ2v) is 19.7. The molecular formula is C68H43N3. The fourth-order valence-electron chi connectivity index (χ4n) is 13.5. The predicted octanol–water partition coefficient (Wildman–Crippen LogP) is 16.9. The molecule has 0 saturated carbocycles. The fraction of sp³-hybridized carbons (Fsp3) is 0.0441. The molecule has 3 nitrogen and oxygen atoms in total. The maximum absolute atomic E-state index is 5.53. The first-order valence-corrected chi connectivity index (χ1v) is 24.9. The zero-order valence-electron chi connectivity index (χ0n) is 38.7. The molecule has 0 N–H and O–H groups in total. The molecule has 16 rings (SSSR count). The van der Waals surface area contributed by atoms with Crippen molar-refractivity contribution in [3.63, 3.8) is 0 Å². The van der Waals surface area contributed by atoms with Gasteiger partial charge in [-0.25, -0.2) is 4.98 Å². The first-order chi connectivity index (χ1) is 35.2. The molecule has 2 aromatic heterocycles. The molecular weight excluding hydrogens is 859 g/mol. The summed E-state index contributed by atoms with van der Waals surface area (Å²) in [7, 11) is 0. The zero-order chi connectivity index (χ0) is 46.4. The third-order valence-electron chi connectivity index (χ3n) is 16.3. The van der Waals surface area contributed by atoms with Crippen LogP contribution in [0.5, 0.6) is 0 Å². The lowest BCUT2D eigenvalue weighted by atomic mass is 9.70. The van der Waals surface area contributed by atoms with Crippen molar-refractivity contribution in [3.05, 3.63) is 277 Å². The maximum Gasteiger partial charge on any atom is 0.0788 e. The number of nitrogens with zero attached hydrogens (tertiary/aromatic N) is 3. The molecule has 4 aliphatic rings. The molecule has 3 heteroatoms. The average molecular weight is 902 g/mol. The monoisotopic (exact) mass is 901 g/mol. The van der Waals surface area contributed by atoms with E-state index >= 15 is 0 Å². The fourth-order valence-corrected chi connectivity index (χ4v) is 13.5. The summed E-state index contributed by atoms with van der Waals surface area (Å²) in [6.07, 6.45) is 9.14. The van der Waals surface area contributed by atoms with E-state index in [2.05, 4.69) is 258 Å². The molecule has 1 spiro atoms. The van der Waals surface area contributed by atoms with Gasteiger partial charge in [-0.2, -0.15) is 0 Å². The molecule has 0 radical (unpaired) electrons. The molecule has 2 atom stereocenters. The number of hydrogen-bond donors (Lipinski definition) is 0. The van der Waals surface area contributed by atoms with Crippen LogP contribution in [0.15, 0.2) is 249 Å². The Morgan fingerprint density at radius 1 is 0.408 bits per heavy atom. The number of benzene rings is 10. The summed E-state index contributed by atoms with van der Waals surface area (Å²) in [5.41, 5.74) is 22.9. The highest BCUT2D eigenvalue weighted by Gasteiger charge is 2.52. The maximum atomic E-state index is 5.53. The number of pyridine rings is 1. The molecule has 12 aromatic rings. The van der Waals surface area contributed by atoms with E-state index < -0.39 is 5.41 Å². The Morgan fingerprint density at radius 2 is 0.986 bits per heavy atom. The Labute approximate surface area is 411 Å². The average Bonchev–Trinajstić information content (AvgIpc) is 4.16. The minimum Gasteiger partial charge on any atom is -0.333 e. The van der Waals surface area contributed by atoms with Crippen molar-refractivity contribution in [2.24, 2.45) is 0 Å². The molecule has 71 heavy (non-hydrogen) atoms. The number of anilines is 2. The smallest absolute Gasteiger partial charge is 0.0788 e. The summed E-state index contributed by atoms with van der Waals surface area (Å²) in [4.78, 5) is 8.09. The van der Waals surface area contributed by atoms with Gasteiger partial charge in [-0.15, -0.1) is 0 Å². The van der Waals surface area contributed by atoms with Crippen LogP contribution in [0.3, 0.4) is 0 Å². The van der Waals surface area contributed by atoms with Crippen LogP contribution in [0.4, 0.5) is 11.4 Å². The molecule has 0 amide bonds. The lowest BCUT2D eigenvalue weighted by Gasteiger charge is -2.30. The van der Waals surface area contributed by atoms with E-state index in [1.807, 2.05) is 0 Å². The van der Waals surface area contributed by atoms with Gasteiger partial charge in [0.05, 0.1) is 33.7 Å². The van der Waals surface area contributed by atoms with Crippen LogP contribution >= 0.6 is 0 Å². The molecule has 2 unspecified atom stereocenters. The predicted molar refractivity (Wildman–Crippen MR) is 294 cm³/mol. The van der Waals surface area contributed by atoms with Gasteiger partial charge in [-0.05, 0) is 104 Å². The summed E-state index contributed by atoms with van der Waals surface area (Å²) < 4.78 is 2.46. The van der Waals surface area contributed by atoms with Crippen LogP contribution in [0, 0.1) is 0 Å². The first kappa shape index (κ1) is 38.9. The van der Waals surface area contributed by atoms with Gasteiger partial charge in [-0.1, -0.05) is 206 Å².